The van der Waals surface area contributed by atoms with Crippen LogP contribution in [0.5, 0.6) is 5.75 Å². The van der Waals surface area contributed by atoms with Gasteiger partial charge in [-0.15, -0.1) is 0 Å². The number of guanidine groups is 1. The Bertz CT molecular complexity index is 578. The number of hydrogen-bond donors (Lipinski definition) is 2. The quantitative estimate of drug-likeness (QED) is 0.467. The zero-order chi connectivity index (χ0) is 15.6. The molecule has 2 aromatic rings. The second-order valence-electron chi connectivity index (χ2n) is 4.96. The van der Waals surface area contributed by atoms with E-state index in [0.717, 1.165) is 30.4 Å². The van der Waals surface area contributed by atoms with Crippen LogP contribution in [0.2, 0.25) is 0 Å². The third-order valence-corrected chi connectivity index (χ3v) is 3.30. The summed E-state index contributed by atoms with van der Waals surface area (Å²) in [5.74, 6) is 1.72. The average Bonchev–Trinajstić information content (AvgIpc) is 3.04. The first kappa shape index (κ1) is 15.9. The van der Waals surface area contributed by atoms with E-state index in [1.165, 1.54) is 0 Å². The van der Waals surface area contributed by atoms with Crippen molar-refractivity contribution in [3.63, 3.8) is 0 Å². The van der Waals surface area contributed by atoms with E-state index in [-0.39, 0.29) is 0 Å². The molecule has 0 saturated heterocycles. The fourth-order valence-electron chi connectivity index (χ4n) is 2.09. The number of aliphatic imine (C=N–C) groups is 1. The van der Waals surface area contributed by atoms with Crippen LogP contribution in [-0.4, -0.2) is 37.3 Å². The molecule has 5 nitrogen and oxygen atoms in total. The Kier molecular flexibility index (Phi) is 6.36. The highest BCUT2D eigenvalue weighted by atomic mass is 16.5. The normalized spacial score (nSPS) is 11.3. The van der Waals surface area contributed by atoms with Gasteiger partial charge in [0.15, 0.2) is 5.96 Å². The molecule has 22 heavy (non-hydrogen) atoms. The van der Waals surface area contributed by atoms with Crippen molar-refractivity contribution in [2.45, 2.75) is 13.5 Å². The van der Waals surface area contributed by atoms with E-state index in [2.05, 4.69) is 20.2 Å². The Morgan fingerprint density at radius 2 is 1.82 bits per heavy atom. The lowest BCUT2D eigenvalue weighted by Gasteiger charge is -2.13. The summed E-state index contributed by atoms with van der Waals surface area (Å²) in [6, 6.07) is 12.1. The highest BCUT2D eigenvalue weighted by Gasteiger charge is 1.99. The summed E-state index contributed by atoms with van der Waals surface area (Å²) in [4.78, 5) is 4.20. The lowest BCUT2D eigenvalue weighted by atomic mass is 10.2. The Labute approximate surface area is 132 Å². The van der Waals surface area contributed by atoms with Gasteiger partial charge < -0.3 is 19.9 Å². The van der Waals surface area contributed by atoms with Gasteiger partial charge >= 0.3 is 0 Å². The van der Waals surface area contributed by atoms with E-state index in [4.69, 9.17) is 4.74 Å². The van der Waals surface area contributed by atoms with Crippen molar-refractivity contribution in [3.05, 3.63) is 54.4 Å². The van der Waals surface area contributed by atoms with E-state index in [9.17, 15) is 0 Å². The predicted molar refractivity (Wildman–Crippen MR) is 90.5 cm³/mol. The number of nitrogens with zero attached hydrogens (tertiary/aromatic N) is 2. The summed E-state index contributed by atoms with van der Waals surface area (Å²) in [6.45, 7) is 5.09. The number of benzene rings is 1. The molecule has 0 aliphatic rings. The number of nitrogens with one attached hydrogen (secondary N) is 2. The number of hydrogen-bond acceptors (Lipinski definition) is 2. The molecule has 0 aliphatic heterocycles. The van der Waals surface area contributed by atoms with Crippen LogP contribution in [0.1, 0.15) is 5.56 Å². The molecular formula is C17H24N4O. The van der Waals surface area contributed by atoms with Gasteiger partial charge in [-0.25, -0.2) is 0 Å². The molecule has 1 aromatic carbocycles. The van der Waals surface area contributed by atoms with Gasteiger partial charge in [-0.2, -0.15) is 0 Å². The van der Waals surface area contributed by atoms with Crippen molar-refractivity contribution >= 4 is 5.96 Å². The number of aryl methyl sites for hydroxylation is 1. The van der Waals surface area contributed by atoms with Gasteiger partial charge in [-0.1, -0.05) is 18.2 Å². The number of aromatic nitrogens is 1. The van der Waals surface area contributed by atoms with Crippen LogP contribution in [0.25, 0.3) is 0 Å². The summed E-state index contributed by atoms with van der Waals surface area (Å²) in [7, 11) is 1.77. The molecule has 118 valence electrons. The topological polar surface area (TPSA) is 50.6 Å². The monoisotopic (exact) mass is 300 g/mol. The van der Waals surface area contributed by atoms with E-state index in [1.807, 2.05) is 55.7 Å². The highest BCUT2D eigenvalue weighted by molar-refractivity contribution is 5.79. The molecule has 0 radical (unpaired) electrons. The third-order valence-electron chi connectivity index (χ3n) is 3.30. The first-order valence-corrected chi connectivity index (χ1v) is 7.53. The molecule has 0 atom stereocenters. The van der Waals surface area contributed by atoms with Crippen LogP contribution in [0.4, 0.5) is 0 Å². The lowest BCUT2D eigenvalue weighted by molar-refractivity contribution is 0.320. The molecule has 0 unspecified atom stereocenters. The van der Waals surface area contributed by atoms with Crippen LogP contribution in [-0.2, 0) is 6.54 Å². The van der Waals surface area contributed by atoms with Crippen molar-refractivity contribution in [1.82, 2.24) is 15.2 Å². The van der Waals surface area contributed by atoms with Crippen LogP contribution in [0, 0.1) is 6.92 Å². The molecule has 1 aromatic heterocycles. The van der Waals surface area contributed by atoms with Gasteiger partial charge in [0.25, 0.3) is 0 Å². The van der Waals surface area contributed by atoms with Crippen molar-refractivity contribution in [3.8, 4) is 5.75 Å². The summed E-state index contributed by atoms with van der Waals surface area (Å²) in [5.41, 5.74) is 1.15. The molecular weight excluding hydrogens is 276 g/mol. The maximum atomic E-state index is 5.75. The van der Waals surface area contributed by atoms with Crippen LogP contribution in [0.3, 0.4) is 0 Å². The Hall–Kier alpha value is -2.43. The van der Waals surface area contributed by atoms with Gasteiger partial charge in [0.1, 0.15) is 12.4 Å². The Morgan fingerprint density at radius 1 is 1.09 bits per heavy atom. The molecule has 0 fully saturated rings. The smallest absolute Gasteiger partial charge is 0.191 e. The molecule has 2 rings (SSSR count). The minimum atomic E-state index is 0.600. The Balaban J connectivity index is 1.63. The van der Waals surface area contributed by atoms with Gasteiger partial charge in [0.2, 0.25) is 0 Å². The highest BCUT2D eigenvalue weighted by Crippen LogP contribution is 2.15. The van der Waals surface area contributed by atoms with E-state index in [1.54, 1.807) is 7.05 Å². The molecule has 0 amide bonds. The standard InChI is InChI=1S/C17H24N4O/c1-15-7-3-4-8-16(15)22-14-10-20-17(18-2)19-9-13-21-11-5-6-12-21/h3-8,11-12H,9-10,13-14H2,1-2H3,(H2,18,19,20). The second kappa shape index (κ2) is 8.77. The molecule has 1 heterocycles. The zero-order valence-corrected chi connectivity index (χ0v) is 13.2. The molecule has 0 saturated carbocycles. The van der Waals surface area contributed by atoms with E-state index >= 15 is 0 Å². The Morgan fingerprint density at radius 3 is 2.55 bits per heavy atom. The van der Waals surface area contributed by atoms with Crippen LogP contribution in [0.15, 0.2) is 53.8 Å². The number of ether oxygens (including phenoxy) is 1. The summed E-state index contributed by atoms with van der Waals surface area (Å²) in [5, 5.41) is 6.52. The summed E-state index contributed by atoms with van der Waals surface area (Å²) in [6.07, 6.45) is 4.10. The third kappa shape index (κ3) is 5.16. The van der Waals surface area contributed by atoms with E-state index < -0.39 is 0 Å². The maximum Gasteiger partial charge on any atom is 0.191 e. The van der Waals surface area contributed by atoms with Crippen LogP contribution >= 0.6 is 0 Å². The molecule has 0 bridgehead atoms. The summed E-state index contributed by atoms with van der Waals surface area (Å²) >= 11 is 0. The zero-order valence-electron chi connectivity index (χ0n) is 13.2. The van der Waals surface area contributed by atoms with E-state index in [0.29, 0.717) is 13.2 Å². The molecule has 0 aliphatic carbocycles. The van der Waals surface area contributed by atoms with Crippen molar-refractivity contribution in [2.75, 3.05) is 26.7 Å². The first-order chi connectivity index (χ1) is 10.8. The van der Waals surface area contributed by atoms with Gasteiger partial charge in [-0.3, -0.25) is 4.99 Å². The molecule has 2 N–H and O–H groups in total. The predicted octanol–water partition coefficient (Wildman–Crippen LogP) is 2.04. The van der Waals surface area contributed by atoms with Crippen molar-refractivity contribution in [1.29, 1.82) is 0 Å². The number of rotatable bonds is 7. The minimum absolute atomic E-state index is 0.600. The average molecular weight is 300 g/mol. The first-order valence-electron chi connectivity index (χ1n) is 7.53. The van der Waals surface area contributed by atoms with Gasteiger partial charge in [0, 0.05) is 32.5 Å². The molecule has 5 heteroatoms. The van der Waals surface area contributed by atoms with Gasteiger partial charge in [0.05, 0.1) is 6.54 Å². The van der Waals surface area contributed by atoms with Crippen molar-refractivity contribution < 1.29 is 4.74 Å². The minimum Gasteiger partial charge on any atom is -0.491 e. The molecule has 0 spiro atoms. The summed E-state index contributed by atoms with van der Waals surface area (Å²) < 4.78 is 7.87. The second-order valence-corrected chi connectivity index (χ2v) is 4.96. The van der Waals surface area contributed by atoms with Crippen molar-refractivity contribution in [2.24, 2.45) is 4.99 Å². The van der Waals surface area contributed by atoms with Gasteiger partial charge in [-0.05, 0) is 30.7 Å². The fourth-order valence-corrected chi connectivity index (χ4v) is 2.09. The lowest BCUT2D eigenvalue weighted by Crippen LogP contribution is -2.40. The maximum absolute atomic E-state index is 5.75. The fraction of sp³-hybridized carbons (Fsp3) is 0.353. The van der Waals surface area contributed by atoms with Crippen LogP contribution < -0.4 is 15.4 Å². The SMILES string of the molecule is CN=C(NCCOc1ccccc1C)NCCn1cccc1. The number of para-hydroxylation sites is 1. The largest absolute Gasteiger partial charge is 0.491 e.